The third-order valence-corrected chi connectivity index (χ3v) is 4.28. The first-order chi connectivity index (χ1) is 10.4. The fourth-order valence-electron chi connectivity index (χ4n) is 2.19. The van der Waals surface area contributed by atoms with Gasteiger partial charge in [0.1, 0.15) is 0 Å². The summed E-state index contributed by atoms with van der Waals surface area (Å²) >= 11 is 1.65. The molecule has 2 rings (SSSR count). The molecule has 0 aromatic carbocycles. The zero-order chi connectivity index (χ0) is 16.2. The molecule has 2 N–H and O–H groups in total. The monoisotopic (exact) mass is 321 g/mol. The van der Waals surface area contributed by atoms with E-state index in [2.05, 4.69) is 54.5 Å². The topological polar surface area (TPSA) is 53.7 Å². The number of aliphatic imine (C=N–C) groups is 1. The molecule has 1 unspecified atom stereocenters. The molecule has 0 aliphatic carbocycles. The second-order valence-electron chi connectivity index (χ2n) is 6.90. The molecule has 6 heteroatoms. The zero-order valence-electron chi connectivity index (χ0n) is 14.2. The lowest BCUT2D eigenvalue weighted by Crippen LogP contribution is -2.42. The standard InChI is InChI=1S/C16H27N5S/c1-12(6-7-16(2,3)4)19-14(17-5)18-10-13-11-21-8-9-22-15(21)20-13/h8-9,11-12H,6-7,10H2,1-5H3,(H2,17,18,19). The average Bonchev–Trinajstić information content (AvgIpc) is 3.01. The van der Waals surface area contributed by atoms with Gasteiger partial charge < -0.3 is 10.6 Å². The first kappa shape index (κ1) is 16.8. The second-order valence-corrected chi connectivity index (χ2v) is 7.77. The van der Waals surface area contributed by atoms with Crippen molar-refractivity contribution in [3.8, 4) is 0 Å². The van der Waals surface area contributed by atoms with Crippen LogP contribution < -0.4 is 10.6 Å². The molecule has 2 aromatic rings. The van der Waals surface area contributed by atoms with Gasteiger partial charge in [0.2, 0.25) is 0 Å². The summed E-state index contributed by atoms with van der Waals surface area (Å²) in [5, 5.41) is 8.81. The van der Waals surface area contributed by atoms with Crippen LogP contribution in [-0.2, 0) is 6.54 Å². The predicted octanol–water partition coefficient (Wildman–Crippen LogP) is 3.28. The molecule has 0 radical (unpaired) electrons. The minimum Gasteiger partial charge on any atom is -0.354 e. The van der Waals surface area contributed by atoms with Crippen molar-refractivity contribution in [2.75, 3.05) is 7.05 Å². The Morgan fingerprint density at radius 3 is 2.86 bits per heavy atom. The van der Waals surface area contributed by atoms with Gasteiger partial charge in [0.05, 0.1) is 12.2 Å². The van der Waals surface area contributed by atoms with E-state index in [-0.39, 0.29) is 0 Å². The number of aromatic nitrogens is 2. The van der Waals surface area contributed by atoms with E-state index in [1.807, 2.05) is 16.0 Å². The maximum Gasteiger partial charge on any atom is 0.193 e. The van der Waals surface area contributed by atoms with Crippen molar-refractivity contribution in [2.24, 2.45) is 10.4 Å². The Hall–Kier alpha value is -1.56. The Labute approximate surface area is 136 Å². The van der Waals surface area contributed by atoms with E-state index in [1.165, 1.54) is 6.42 Å². The fourth-order valence-corrected chi connectivity index (χ4v) is 2.90. The number of nitrogens with one attached hydrogen (secondary N) is 2. The number of hydrogen-bond acceptors (Lipinski definition) is 3. The van der Waals surface area contributed by atoms with Crippen molar-refractivity contribution in [1.29, 1.82) is 0 Å². The third kappa shape index (κ3) is 5.02. The van der Waals surface area contributed by atoms with Crippen molar-refractivity contribution in [3.63, 3.8) is 0 Å². The largest absolute Gasteiger partial charge is 0.354 e. The molecule has 2 heterocycles. The van der Waals surface area contributed by atoms with Crippen molar-refractivity contribution in [2.45, 2.75) is 53.1 Å². The number of thiazole rings is 1. The summed E-state index contributed by atoms with van der Waals surface area (Å²) in [6.07, 6.45) is 6.40. The van der Waals surface area contributed by atoms with Gasteiger partial charge >= 0.3 is 0 Å². The van der Waals surface area contributed by atoms with Crippen molar-refractivity contribution in [3.05, 3.63) is 23.5 Å². The van der Waals surface area contributed by atoms with Gasteiger partial charge in [-0.15, -0.1) is 11.3 Å². The highest BCUT2D eigenvalue weighted by atomic mass is 32.1. The number of hydrogen-bond donors (Lipinski definition) is 2. The molecule has 122 valence electrons. The Kier molecular flexibility index (Phi) is 5.45. The summed E-state index contributed by atoms with van der Waals surface area (Å²) < 4.78 is 2.05. The molecular weight excluding hydrogens is 294 g/mol. The highest BCUT2D eigenvalue weighted by molar-refractivity contribution is 7.15. The molecule has 2 aromatic heterocycles. The van der Waals surface area contributed by atoms with Crippen LogP contribution in [0.2, 0.25) is 0 Å². The molecule has 0 aliphatic heterocycles. The van der Waals surface area contributed by atoms with Gasteiger partial charge in [-0.1, -0.05) is 20.8 Å². The molecule has 0 bridgehead atoms. The predicted molar refractivity (Wildman–Crippen MR) is 94.6 cm³/mol. The normalized spacial score (nSPS) is 14.3. The molecule has 1 atom stereocenters. The van der Waals surface area contributed by atoms with Crippen LogP contribution in [0.3, 0.4) is 0 Å². The number of imidazole rings is 1. The minimum absolute atomic E-state index is 0.370. The van der Waals surface area contributed by atoms with Crippen LogP contribution in [-0.4, -0.2) is 28.4 Å². The van der Waals surface area contributed by atoms with Gasteiger partial charge in [0.25, 0.3) is 0 Å². The molecule has 5 nitrogen and oxygen atoms in total. The molecule has 0 amide bonds. The fraction of sp³-hybridized carbons (Fsp3) is 0.625. The quantitative estimate of drug-likeness (QED) is 0.656. The Morgan fingerprint density at radius 2 is 2.23 bits per heavy atom. The summed E-state index contributed by atoms with van der Waals surface area (Å²) in [5.41, 5.74) is 1.40. The van der Waals surface area contributed by atoms with Crippen LogP contribution in [0.15, 0.2) is 22.8 Å². The Morgan fingerprint density at radius 1 is 1.45 bits per heavy atom. The lowest BCUT2D eigenvalue weighted by molar-refractivity contribution is 0.346. The summed E-state index contributed by atoms with van der Waals surface area (Å²) in [6, 6.07) is 0.399. The Balaban J connectivity index is 1.80. The SMILES string of the molecule is CN=C(NCc1cn2ccsc2n1)NC(C)CCC(C)(C)C. The van der Waals surface area contributed by atoms with E-state index in [9.17, 15) is 0 Å². The molecule has 0 saturated heterocycles. The first-order valence-electron chi connectivity index (χ1n) is 7.75. The lowest BCUT2D eigenvalue weighted by atomic mass is 9.89. The van der Waals surface area contributed by atoms with Crippen molar-refractivity contribution in [1.82, 2.24) is 20.0 Å². The second kappa shape index (κ2) is 7.13. The molecule has 0 fully saturated rings. The number of nitrogens with zero attached hydrogens (tertiary/aromatic N) is 3. The maximum atomic E-state index is 4.56. The van der Waals surface area contributed by atoms with Gasteiger partial charge in [-0.25, -0.2) is 4.98 Å². The smallest absolute Gasteiger partial charge is 0.193 e. The highest BCUT2D eigenvalue weighted by Crippen LogP contribution is 2.21. The van der Waals surface area contributed by atoms with E-state index in [4.69, 9.17) is 0 Å². The van der Waals surface area contributed by atoms with Crippen LogP contribution in [0.25, 0.3) is 4.96 Å². The number of fused-ring (bicyclic) bond motifs is 1. The number of guanidine groups is 1. The van der Waals surface area contributed by atoms with Gasteiger partial charge in [-0.3, -0.25) is 9.39 Å². The van der Waals surface area contributed by atoms with Gasteiger partial charge in [0, 0.05) is 30.9 Å². The van der Waals surface area contributed by atoms with Crippen LogP contribution in [0.4, 0.5) is 0 Å². The van der Waals surface area contributed by atoms with Crippen molar-refractivity contribution < 1.29 is 0 Å². The van der Waals surface area contributed by atoms with Gasteiger partial charge in [0.15, 0.2) is 10.9 Å². The Bertz CT molecular complexity index is 591. The van der Waals surface area contributed by atoms with Gasteiger partial charge in [-0.05, 0) is 25.2 Å². The van der Waals surface area contributed by atoms with E-state index in [0.29, 0.717) is 18.0 Å². The maximum absolute atomic E-state index is 4.56. The van der Waals surface area contributed by atoms with Gasteiger partial charge in [-0.2, -0.15) is 0 Å². The van der Waals surface area contributed by atoms with Crippen LogP contribution >= 0.6 is 11.3 Å². The lowest BCUT2D eigenvalue weighted by Gasteiger charge is -2.23. The summed E-state index contributed by atoms with van der Waals surface area (Å²) in [7, 11) is 1.80. The average molecular weight is 321 g/mol. The molecule has 22 heavy (non-hydrogen) atoms. The van der Waals surface area contributed by atoms with E-state index >= 15 is 0 Å². The molecule has 0 aliphatic rings. The summed E-state index contributed by atoms with van der Waals surface area (Å²) in [6.45, 7) is 9.71. The summed E-state index contributed by atoms with van der Waals surface area (Å²) in [5.74, 6) is 0.831. The minimum atomic E-state index is 0.370. The molecular formula is C16H27N5S. The third-order valence-electron chi connectivity index (χ3n) is 3.51. The van der Waals surface area contributed by atoms with Crippen LogP contribution in [0.5, 0.6) is 0 Å². The van der Waals surface area contributed by atoms with Crippen molar-refractivity contribution >= 4 is 22.3 Å². The zero-order valence-corrected chi connectivity index (χ0v) is 15.0. The van der Waals surface area contributed by atoms with E-state index < -0.39 is 0 Å². The summed E-state index contributed by atoms with van der Waals surface area (Å²) in [4.78, 5) is 9.88. The molecule has 0 saturated carbocycles. The van der Waals surface area contributed by atoms with E-state index in [0.717, 1.165) is 23.0 Å². The van der Waals surface area contributed by atoms with Crippen LogP contribution in [0.1, 0.15) is 46.2 Å². The highest BCUT2D eigenvalue weighted by Gasteiger charge is 2.13. The molecule has 0 spiro atoms. The first-order valence-corrected chi connectivity index (χ1v) is 8.63. The number of rotatable bonds is 5. The van der Waals surface area contributed by atoms with Crippen LogP contribution in [0, 0.1) is 5.41 Å². The van der Waals surface area contributed by atoms with E-state index in [1.54, 1.807) is 18.4 Å².